The number of nitrogens with zero attached hydrogens (tertiary/aromatic N) is 2. The first-order chi connectivity index (χ1) is 8.38. The second-order valence-corrected chi connectivity index (χ2v) is 7.10. The van der Waals surface area contributed by atoms with Crippen LogP contribution in [0.4, 0.5) is 5.69 Å². The van der Waals surface area contributed by atoms with Crippen LogP contribution in [0.1, 0.15) is 5.56 Å². The lowest BCUT2D eigenvalue weighted by molar-refractivity contribution is 0.597. The highest BCUT2D eigenvalue weighted by atomic mass is 32.2. The number of sulfonamides is 1. The highest BCUT2D eigenvalue weighted by Crippen LogP contribution is 2.34. The van der Waals surface area contributed by atoms with Gasteiger partial charge in [-0.2, -0.15) is 4.37 Å². The number of anilines is 1. The lowest BCUT2D eigenvalue weighted by Crippen LogP contribution is -2.14. The molecule has 6 nitrogen and oxygen atoms in total. The van der Waals surface area contributed by atoms with Crippen molar-refractivity contribution in [3.8, 4) is 0 Å². The Balaban J connectivity index is 2.52. The second kappa shape index (κ2) is 4.84. The van der Waals surface area contributed by atoms with E-state index in [2.05, 4.69) is 9.36 Å². The van der Waals surface area contributed by atoms with Gasteiger partial charge in [-0.1, -0.05) is 11.8 Å². The first-order valence-electron chi connectivity index (χ1n) is 4.75. The SMILES string of the molecule is Cc1c(Sc2ncns2)cc(N)cc1S(N)(=O)=O. The quantitative estimate of drug-likeness (QED) is 0.825. The molecule has 1 aromatic heterocycles. The molecule has 96 valence electrons. The molecule has 4 N–H and O–H groups in total. The van der Waals surface area contributed by atoms with Crippen LogP contribution in [0.2, 0.25) is 0 Å². The van der Waals surface area contributed by atoms with E-state index < -0.39 is 10.0 Å². The molecule has 0 unspecified atom stereocenters. The molecule has 0 radical (unpaired) electrons. The third-order valence-electron chi connectivity index (χ3n) is 2.18. The molecule has 0 aliphatic heterocycles. The highest BCUT2D eigenvalue weighted by molar-refractivity contribution is 8.01. The lowest BCUT2D eigenvalue weighted by atomic mass is 10.2. The summed E-state index contributed by atoms with van der Waals surface area (Å²) in [4.78, 5) is 4.76. The average molecular weight is 302 g/mol. The van der Waals surface area contributed by atoms with Crippen molar-refractivity contribution in [2.75, 3.05) is 5.73 Å². The normalized spacial score (nSPS) is 11.7. The molecule has 0 fully saturated rings. The van der Waals surface area contributed by atoms with E-state index >= 15 is 0 Å². The van der Waals surface area contributed by atoms with E-state index in [1.54, 1.807) is 13.0 Å². The van der Waals surface area contributed by atoms with Gasteiger partial charge >= 0.3 is 0 Å². The minimum atomic E-state index is -3.78. The molecule has 0 aliphatic carbocycles. The first-order valence-corrected chi connectivity index (χ1v) is 7.89. The van der Waals surface area contributed by atoms with Crippen molar-refractivity contribution in [3.63, 3.8) is 0 Å². The van der Waals surface area contributed by atoms with Crippen LogP contribution in [-0.4, -0.2) is 17.8 Å². The van der Waals surface area contributed by atoms with Gasteiger partial charge in [0.05, 0.1) is 4.90 Å². The second-order valence-electron chi connectivity index (χ2n) is 3.50. The number of aromatic nitrogens is 2. The fraction of sp³-hybridized carbons (Fsp3) is 0.111. The van der Waals surface area contributed by atoms with Crippen LogP contribution in [0, 0.1) is 6.92 Å². The Morgan fingerprint density at radius 3 is 2.67 bits per heavy atom. The highest BCUT2D eigenvalue weighted by Gasteiger charge is 2.16. The van der Waals surface area contributed by atoms with Gasteiger partial charge in [-0.25, -0.2) is 18.5 Å². The Morgan fingerprint density at radius 1 is 1.39 bits per heavy atom. The molecule has 0 amide bonds. The molecule has 0 atom stereocenters. The lowest BCUT2D eigenvalue weighted by Gasteiger charge is -2.09. The Labute approximate surface area is 113 Å². The molecular weight excluding hydrogens is 292 g/mol. The van der Waals surface area contributed by atoms with E-state index in [1.165, 1.54) is 35.7 Å². The maximum atomic E-state index is 11.4. The molecule has 1 heterocycles. The third-order valence-corrected chi connectivity index (χ3v) is 5.08. The summed E-state index contributed by atoms with van der Waals surface area (Å²) < 4.78 is 27.5. The Hall–Kier alpha value is -1.16. The number of hydrogen-bond acceptors (Lipinski definition) is 7. The van der Waals surface area contributed by atoms with Crippen LogP contribution in [0.5, 0.6) is 0 Å². The van der Waals surface area contributed by atoms with Crippen LogP contribution in [-0.2, 0) is 10.0 Å². The summed E-state index contributed by atoms with van der Waals surface area (Å²) in [7, 11) is -3.78. The predicted molar refractivity (Wildman–Crippen MR) is 71.0 cm³/mol. The molecule has 9 heteroatoms. The number of nitrogens with two attached hydrogens (primary N) is 2. The number of benzene rings is 1. The number of hydrogen-bond donors (Lipinski definition) is 2. The van der Waals surface area contributed by atoms with Crippen molar-refractivity contribution in [1.29, 1.82) is 0 Å². The largest absolute Gasteiger partial charge is 0.399 e. The smallest absolute Gasteiger partial charge is 0.238 e. The predicted octanol–water partition coefficient (Wildman–Crippen LogP) is 1.23. The zero-order chi connectivity index (χ0) is 13.3. The minimum Gasteiger partial charge on any atom is -0.399 e. The summed E-state index contributed by atoms with van der Waals surface area (Å²) in [5.41, 5.74) is 6.59. The van der Waals surface area contributed by atoms with Crippen molar-refractivity contribution >= 4 is 39.0 Å². The van der Waals surface area contributed by atoms with Crippen molar-refractivity contribution in [3.05, 3.63) is 24.0 Å². The average Bonchev–Trinajstić information content (AvgIpc) is 2.74. The molecular formula is C9H10N4O2S3. The van der Waals surface area contributed by atoms with Gasteiger partial charge in [0, 0.05) is 10.6 Å². The van der Waals surface area contributed by atoms with E-state index in [9.17, 15) is 8.42 Å². The number of primary sulfonamides is 1. The summed E-state index contributed by atoms with van der Waals surface area (Å²) in [6, 6.07) is 3.05. The molecule has 18 heavy (non-hydrogen) atoms. The van der Waals surface area contributed by atoms with E-state index in [0.717, 1.165) is 0 Å². The fourth-order valence-electron chi connectivity index (χ4n) is 1.39. The molecule has 2 rings (SSSR count). The Kier molecular flexibility index (Phi) is 3.57. The van der Waals surface area contributed by atoms with E-state index in [4.69, 9.17) is 10.9 Å². The zero-order valence-electron chi connectivity index (χ0n) is 9.32. The topological polar surface area (TPSA) is 112 Å². The van der Waals surface area contributed by atoms with Crippen molar-refractivity contribution in [2.45, 2.75) is 21.1 Å². The van der Waals surface area contributed by atoms with Gasteiger partial charge in [0.15, 0.2) is 4.34 Å². The summed E-state index contributed by atoms with van der Waals surface area (Å²) >= 11 is 2.54. The van der Waals surface area contributed by atoms with Gasteiger partial charge in [-0.05, 0) is 36.2 Å². The Morgan fingerprint density at radius 2 is 2.11 bits per heavy atom. The van der Waals surface area contributed by atoms with Crippen LogP contribution in [0.15, 0.2) is 32.6 Å². The van der Waals surface area contributed by atoms with Crippen molar-refractivity contribution < 1.29 is 8.42 Å². The van der Waals surface area contributed by atoms with Gasteiger partial charge < -0.3 is 5.73 Å². The number of nitrogen functional groups attached to an aromatic ring is 1. The standard InChI is InChI=1S/C9H10N4O2S3/c1-5-7(16-9-12-4-13-17-9)2-6(10)3-8(5)18(11,14)15/h2-4H,10H2,1H3,(H2,11,14,15). The van der Waals surface area contributed by atoms with E-state index in [1.807, 2.05) is 0 Å². The molecule has 0 spiro atoms. The summed E-state index contributed by atoms with van der Waals surface area (Å²) in [5, 5.41) is 5.15. The molecule has 2 aromatic rings. The molecule has 0 saturated carbocycles. The van der Waals surface area contributed by atoms with Gasteiger partial charge in [-0.15, -0.1) is 0 Å². The maximum Gasteiger partial charge on any atom is 0.238 e. The molecule has 0 bridgehead atoms. The third kappa shape index (κ3) is 2.80. The van der Waals surface area contributed by atoms with Crippen LogP contribution in [0.3, 0.4) is 0 Å². The Bertz CT molecular complexity index is 667. The van der Waals surface area contributed by atoms with Crippen LogP contribution < -0.4 is 10.9 Å². The van der Waals surface area contributed by atoms with Gasteiger partial charge in [0.2, 0.25) is 10.0 Å². The maximum absolute atomic E-state index is 11.4. The van der Waals surface area contributed by atoms with Gasteiger partial charge in [0.1, 0.15) is 6.33 Å². The fourth-order valence-corrected chi connectivity index (χ4v) is 3.86. The summed E-state index contributed by atoms with van der Waals surface area (Å²) in [6.07, 6.45) is 1.44. The minimum absolute atomic E-state index is 0.0366. The van der Waals surface area contributed by atoms with E-state index in [0.29, 0.717) is 20.5 Å². The monoisotopic (exact) mass is 302 g/mol. The molecule has 0 saturated heterocycles. The van der Waals surface area contributed by atoms with Gasteiger partial charge in [-0.3, -0.25) is 0 Å². The van der Waals surface area contributed by atoms with Gasteiger partial charge in [0.25, 0.3) is 0 Å². The van der Waals surface area contributed by atoms with E-state index in [-0.39, 0.29) is 4.90 Å². The molecule has 0 aliphatic rings. The first kappa shape index (κ1) is 13.3. The van der Waals surface area contributed by atoms with Crippen LogP contribution in [0.25, 0.3) is 0 Å². The molecule has 1 aromatic carbocycles. The zero-order valence-corrected chi connectivity index (χ0v) is 11.8. The van der Waals surface area contributed by atoms with Crippen LogP contribution >= 0.6 is 23.3 Å². The number of rotatable bonds is 3. The van der Waals surface area contributed by atoms with Crippen molar-refractivity contribution in [1.82, 2.24) is 9.36 Å². The summed E-state index contributed by atoms with van der Waals surface area (Å²) in [5.74, 6) is 0. The summed E-state index contributed by atoms with van der Waals surface area (Å²) in [6.45, 7) is 1.68. The van der Waals surface area contributed by atoms with Crippen molar-refractivity contribution in [2.24, 2.45) is 5.14 Å².